The number of aromatic nitrogens is 1. The van der Waals surface area contributed by atoms with Crippen molar-refractivity contribution in [1.29, 1.82) is 0 Å². The maximum atomic E-state index is 4.90. The SMILES string of the molecule is C=C/C(C)=c1/oncc1=C.CC. The van der Waals surface area contributed by atoms with Gasteiger partial charge in [0.25, 0.3) is 0 Å². The largest absolute Gasteiger partial charge is 0.356 e. The van der Waals surface area contributed by atoms with Crippen molar-refractivity contribution in [3.8, 4) is 0 Å². The van der Waals surface area contributed by atoms with Crippen LogP contribution >= 0.6 is 0 Å². The quantitative estimate of drug-likeness (QED) is 0.629. The van der Waals surface area contributed by atoms with Crippen LogP contribution in [0.4, 0.5) is 0 Å². The fraction of sp³-hybridized carbons (Fsp3) is 0.300. The van der Waals surface area contributed by atoms with Crippen molar-refractivity contribution in [3.63, 3.8) is 0 Å². The molecule has 0 aliphatic heterocycles. The second-order valence-corrected chi connectivity index (χ2v) is 2.07. The molecule has 1 heterocycles. The smallest absolute Gasteiger partial charge is 0.169 e. The van der Waals surface area contributed by atoms with Crippen molar-refractivity contribution in [1.82, 2.24) is 5.16 Å². The minimum atomic E-state index is 0.718. The molecule has 12 heavy (non-hydrogen) atoms. The summed E-state index contributed by atoms with van der Waals surface area (Å²) in [6.45, 7) is 13.2. The monoisotopic (exact) mass is 165 g/mol. The van der Waals surface area contributed by atoms with E-state index in [2.05, 4.69) is 18.3 Å². The minimum absolute atomic E-state index is 0.718. The normalized spacial score (nSPS) is 11.2. The van der Waals surface area contributed by atoms with E-state index in [0.717, 1.165) is 16.2 Å². The van der Waals surface area contributed by atoms with Gasteiger partial charge in [0.1, 0.15) is 0 Å². The van der Waals surface area contributed by atoms with E-state index in [0.29, 0.717) is 0 Å². The Bertz CT molecular complexity index is 335. The summed E-state index contributed by atoms with van der Waals surface area (Å²) in [5, 5.41) is 4.39. The molecule has 0 atom stereocenters. The van der Waals surface area contributed by atoms with Gasteiger partial charge in [-0.25, -0.2) is 0 Å². The van der Waals surface area contributed by atoms with Gasteiger partial charge in [0.2, 0.25) is 0 Å². The fourth-order valence-corrected chi connectivity index (χ4v) is 0.678. The van der Waals surface area contributed by atoms with E-state index in [1.165, 1.54) is 0 Å². The van der Waals surface area contributed by atoms with E-state index in [9.17, 15) is 0 Å². The Morgan fingerprint density at radius 1 is 1.58 bits per heavy atom. The molecule has 2 heteroatoms. The summed E-state index contributed by atoms with van der Waals surface area (Å²) < 4.78 is 4.90. The molecule has 0 bridgehead atoms. The second kappa shape index (κ2) is 5.35. The summed E-state index contributed by atoms with van der Waals surface area (Å²) in [7, 11) is 0. The number of allylic oxidation sites excluding steroid dienone is 1. The minimum Gasteiger partial charge on any atom is -0.356 e. The second-order valence-electron chi connectivity index (χ2n) is 2.07. The molecule has 0 N–H and O–H groups in total. The summed E-state index contributed by atoms with van der Waals surface area (Å²) in [5.41, 5.74) is 1.68. The van der Waals surface area contributed by atoms with Gasteiger partial charge < -0.3 is 4.52 Å². The molecule has 0 amide bonds. The Morgan fingerprint density at radius 3 is 2.50 bits per heavy atom. The molecular formula is C10H15NO. The van der Waals surface area contributed by atoms with Crippen molar-refractivity contribution in [2.24, 2.45) is 0 Å². The van der Waals surface area contributed by atoms with Crippen LogP contribution < -0.4 is 10.6 Å². The van der Waals surface area contributed by atoms with Gasteiger partial charge in [-0.05, 0) is 12.5 Å². The zero-order chi connectivity index (χ0) is 9.56. The van der Waals surface area contributed by atoms with Gasteiger partial charge in [0, 0.05) is 5.22 Å². The van der Waals surface area contributed by atoms with E-state index in [1.807, 2.05) is 20.8 Å². The van der Waals surface area contributed by atoms with Gasteiger partial charge in [-0.1, -0.05) is 38.2 Å². The molecule has 0 aromatic carbocycles. The molecule has 0 fully saturated rings. The highest BCUT2D eigenvalue weighted by molar-refractivity contribution is 5.50. The van der Waals surface area contributed by atoms with Gasteiger partial charge in [0.15, 0.2) is 5.42 Å². The fourth-order valence-electron chi connectivity index (χ4n) is 0.678. The maximum Gasteiger partial charge on any atom is 0.169 e. The Morgan fingerprint density at radius 2 is 2.17 bits per heavy atom. The average Bonchev–Trinajstić information content (AvgIpc) is 2.54. The number of rotatable bonds is 1. The third kappa shape index (κ3) is 2.38. The lowest BCUT2D eigenvalue weighted by Crippen LogP contribution is -2.18. The summed E-state index contributed by atoms with van der Waals surface area (Å²) in [6.07, 6.45) is 3.30. The van der Waals surface area contributed by atoms with Crippen LogP contribution in [-0.4, -0.2) is 5.16 Å². The zero-order valence-electron chi connectivity index (χ0n) is 7.92. The van der Waals surface area contributed by atoms with E-state index in [4.69, 9.17) is 4.52 Å². The van der Waals surface area contributed by atoms with E-state index in [-0.39, 0.29) is 0 Å². The number of nitrogens with zero attached hydrogens (tertiary/aromatic N) is 1. The zero-order valence-corrected chi connectivity index (χ0v) is 7.92. The molecule has 0 radical (unpaired) electrons. The summed E-state index contributed by atoms with van der Waals surface area (Å²) >= 11 is 0. The molecular weight excluding hydrogens is 150 g/mol. The van der Waals surface area contributed by atoms with Crippen molar-refractivity contribution in [2.45, 2.75) is 20.8 Å². The van der Waals surface area contributed by atoms with Crippen LogP contribution in [0.5, 0.6) is 0 Å². The van der Waals surface area contributed by atoms with Crippen LogP contribution in [0.25, 0.3) is 12.2 Å². The summed E-state index contributed by atoms with van der Waals surface area (Å²) in [5.74, 6) is 0. The Labute approximate surface area is 72.9 Å². The molecule has 0 unspecified atom stereocenters. The molecule has 66 valence electrons. The topological polar surface area (TPSA) is 26.0 Å². The van der Waals surface area contributed by atoms with Crippen LogP contribution in [0.2, 0.25) is 0 Å². The highest BCUT2D eigenvalue weighted by atomic mass is 16.5. The molecule has 0 saturated carbocycles. The van der Waals surface area contributed by atoms with Gasteiger partial charge in [-0.15, -0.1) is 0 Å². The lowest BCUT2D eigenvalue weighted by Gasteiger charge is -1.81. The van der Waals surface area contributed by atoms with Gasteiger partial charge in [-0.2, -0.15) is 0 Å². The maximum absolute atomic E-state index is 4.90. The van der Waals surface area contributed by atoms with Crippen LogP contribution in [0.1, 0.15) is 20.8 Å². The third-order valence-corrected chi connectivity index (χ3v) is 1.31. The van der Waals surface area contributed by atoms with Crippen LogP contribution in [0, 0.1) is 0 Å². The summed E-state index contributed by atoms with van der Waals surface area (Å²) in [4.78, 5) is 0. The van der Waals surface area contributed by atoms with Gasteiger partial charge in [-0.3, -0.25) is 0 Å². The standard InChI is InChI=1S/C8H9NO.C2H6/c1-4-6(2)8-7(3)5-9-10-8;1-2/h4-5H,1,3H2,2H3;1-2H3/b8-6+;. The Hall–Kier alpha value is -1.31. The first-order valence-corrected chi connectivity index (χ1v) is 3.98. The van der Waals surface area contributed by atoms with Crippen molar-refractivity contribution < 1.29 is 4.52 Å². The molecule has 0 aliphatic rings. The molecule has 1 rings (SSSR count). The molecule has 0 aliphatic carbocycles. The first-order chi connectivity index (χ1) is 5.75. The van der Waals surface area contributed by atoms with Crippen molar-refractivity contribution in [2.75, 3.05) is 0 Å². The predicted octanol–water partition coefficient (Wildman–Crippen LogP) is 1.47. The molecule has 0 spiro atoms. The van der Waals surface area contributed by atoms with Crippen LogP contribution in [0.15, 0.2) is 23.4 Å². The van der Waals surface area contributed by atoms with Gasteiger partial charge >= 0.3 is 0 Å². The van der Waals surface area contributed by atoms with Crippen molar-refractivity contribution >= 4 is 12.2 Å². The summed E-state index contributed by atoms with van der Waals surface area (Å²) in [6, 6.07) is 0. The first kappa shape index (κ1) is 10.7. The Balaban J connectivity index is 0.000000561. The third-order valence-electron chi connectivity index (χ3n) is 1.31. The average molecular weight is 165 g/mol. The molecule has 2 nitrogen and oxygen atoms in total. The van der Waals surface area contributed by atoms with E-state index < -0.39 is 0 Å². The lowest BCUT2D eigenvalue weighted by molar-refractivity contribution is 0.392. The lowest BCUT2D eigenvalue weighted by atomic mass is 10.3. The van der Waals surface area contributed by atoms with Crippen molar-refractivity contribution in [3.05, 3.63) is 29.5 Å². The highest BCUT2D eigenvalue weighted by Crippen LogP contribution is 1.86. The van der Waals surface area contributed by atoms with E-state index in [1.54, 1.807) is 12.3 Å². The van der Waals surface area contributed by atoms with Gasteiger partial charge in [0.05, 0.1) is 6.20 Å². The first-order valence-electron chi connectivity index (χ1n) is 3.98. The molecule has 1 aromatic rings. The number of hydrogen-bond donors (Lipinski definition) is 0. The Kier molecular flexibility index (Phi) is 4.77. The predicted molar refractivity (Wildman–Crippen MR) is 51.9 cm³/mol. The number of hydrogen-bond acceptors (Lipinski definition) is 2. The van der Waals surface area contributed by atoms with Crippen LogP contribution in [-0.2, 0) is 0 Å². The van der Waals surface area contributed by atoms with E-state index >= 15 is 0 Å². The molecule has 0 saturated heterocycles. The van der Waals surface area contributed by atoms with Crippen LogP contribution in [0.3, 0.4) is 0 Å². The highest BCUT2D eigenvalue weighted by Gasteiger charge is 1.89. The molecule has 1 aromatic heterocycles.